The number of hydrogen-bond acceptors (Lipinski definition) is 44. The van der Waals surface area contributed by atoms with E-state index in [1.54, 1.807) is 21.5 Å². The normalized spacial score (nSPS) is 26.5. The van der Waals surface area contributed by atoms with Crippen molar-refractivity contribution in [2.24, 2.45) is 0 Å². The van der Waals surface area contributed by atoms with Crippen molar-refractivity contribution in [1.82, 2.24) is 49.0 Å². The van der Waals surface area contributed by atoms with Crippen LogP contribution in [0.15, 0.2) is 50.6 Å². The molecule has 11 heterocycles. The summed E-state index contributed by atoms with van der Waals surface area (Å²) < 4.78 is 173. The summed E-state index contributed by atoms with van der Waals surface area (Å²) in [6, 6.07) is 0.662. The van der Waals surface area contributed by atoms with Gasteiger partial charge in [0.2, 0.25) is 17.4 Å². The minimum Gasteiger partial charge on any atom is -0.756 e. The van der Waals surface area contributed by atoms with E-state index in [1.807, 2.05) is 12.7 Å². The van der Waals surface area contributed by atoms with Crippen LogP contribution < -0.4 is 64.2 Å². The Morgan fingerprint density at radius 3 is 1.57 bits per heavy atom. The first kappa shape index (κ1) is 92.4. The van der Waals surface area contributed by atoms with Crippen LogP contribution in [0, 0.1) is 0 Å². The van der Waals surface area contributed by atoms with Crippen molar-refractivity contribution >= 4 is 114 Å². The fourth-order valence-electron chi connectivity index (χ4n) is 10.2. The van der Waals surface area contributed by atoms with Gasteiger partial charge in [-0.05, 0) is 12.8 Å². The third kappa shape index (κ3) is 27.1. The molecule has 612 valence electrons. The summed E-state index contributed by atoms with van der Waals surface area (Å²) in [5, 5.41) is 18.9. The zero-order chi connectivity index (χ0) is 80.4. The van der Waals surface area contributed by atoms with Crippen molar-refractivity contribution in [2.45, 2.75) is 113 Å². The molecule has 0 radical (unpaired) electrons. The molecule has 59 heteroatoms. The standard InChI is InChI=1S/C16H25N5O9P2.C15H23N5O9P2.C9H11N5.C7H16O10P2.2CH5O4P/c1-4-10-6-17-15-14-16(19-8-18-15)21(9-20(10)14)13-5-11(30-32(24,25)27-3)12(29-13)7-28-31(22,23)26-2;1-4-5-16-14-13-15(18-8-17-14)20(9-19-13)12-6-10(29-31(23,24)26-3)11(28-12)7-27-30(21,22)25-2;1-2-6-3-10-8-7-9(12-4-11-8)13-5-14(6)7;1-13-18(9,10)15-4-6-5(3-7(8)16-6)17-19(11,12)14-2;2*1-5-6(2,3)4/h8-13H,4-7H2,1-3H3,(H2-,17,18,19,22,23,24,25);4,8-12H,1,5-7H2,2-3H3,(H,21,22)(H,23,24)(H,16,17,18);4-6H,2-3H2,1H3,(H,10,11,12);5-8H,3-4H2,1-2H3,(H,9,10)(H,11,12);2*1H3,(H2,2,3,4)/p-6/t10?,11?,12-,13-;10?,11-,12-;;5?,6-,7?;;/m11.1../s1. The molecule has 5 aliphatic rings. The highest BCUT2D eigenvalue weighted by molar-refractivity contribution is 7.47. The summed E-state index contributed by atoms with van der Waals surface area (Å²) in [7, 11) is -28.8. The number of aromatic nitrogens is 12. The molecule has 0 bridgehead atoms. The number of phosphoric ester groups is 8. The van der Waals surface area contributed by atoms with Gasteiger partial charge >= 0.3 is 5.65 Å². The second-order valence-corrected chi connectivity index (χ2v) is 33.6. The molecular formula is C49H79N15O36P8-6. The molecule has 0 aromatic carbocycles. The van der Waals surface area contributed by atoms with E-state index in [0.29, 0.717) is 47.6 Å². The lowest BCUT2D eigenvalue weighted by Gasteiger charge is -2.28. The van der Waals surface area contributed by atoms with Crippen molar-refractivity contribution in [2.75, 3.05) is 112 Å². The molecule has 19 atom stereocenters. The first-order chi connectivity index (χ1) is 50.6. The van der Waals surface area contributed by atoms with Crippen LogP contribution in [0.5, 0.6) is 0 Å². The molecule has 6 aromatic heterocycles. The maximum absolute atomic E-state index is 11.9. The Morgan fingerprint density at radius 2 is 1.06 bits per heavy atom. The smallest absolute Gasteiger partial charge is 0.309 e. The Morgan fingerprint density at radius 1 is 0.583 bits per heavy atom. The molecular weight excluding hydrogens is 1620 g/mol. The summed E-state index contributed by atoms with van der Waals surface area (Å²) in [6.07, 6.45) is 3.92. The number of nitrogens with zero attached hydrogens (tertiary/aromatic N) is 11. The average molecular weight is 1700 g/mol. The number of phosphoric acid groups is 8. The van der Waals surface area contributed by atoms with Gasteiger partial charge in [-0.1, -0.05) is 24.9 Å². The van der Waals surface area contributed by atoms with Crippen LogP contribution in [-0.4, -0.2) is 203 Å². The summed E-state index contributed by atoms with van der Waals surface area (Å²) >= 11 is 0. The highest BCUT2D eigenvalue weighted by atomic mass is 31.2. The van der Waals surface area contributed by atoms with Gasteiger partial charge in [0.25, 0.3) is 68.2 Å². The van der Waals surface area contributed by atoms with Crippen molar-refractivity contribution in [3.8, 4) is 0 Å². The first-order valence-electron chi connectivity index (χ1n) is 31.1. The van der Waals surface area contributed by atoms with E-state index in [0.717, 1.165) is 98.8 Å². The third-order valence-electron chi connectivity index (χ3n) is 15.4. The van der Waals surface area contributed by atoms with E-state index in [9.17, 15) is 80.8 Å². The number of ether oxygens (including phenoxy) is 3. The lowest BCUT2D eigenvalue weighted by atomic mass is 10.2. The second-order valence-electron chi connectivity index (χ2n) is 22.0. The van der Waals surface area contributed by atoms with E-state index < -0.39 is 138 Å². The molecule has 7 N–H and O–H groups in total. The average Bonchev–Trinajstić information content (AvgIpc) is 1.60. The number of hydrogen-bond donors (Lipinski definition) is 7. The highest BCUT2D eigenvalue weighted by Gasteiger charge is 2.45. The van der Waals surface area contributed by atoms with Gasteiger partial charge in [0.15, 0.2) is 53.8 Å². The Labute approximate surface area is 613 Å². The predicted octanol–water partition coefficient (Wildman–Crippen LogP) is -2.11. The van der Waals surface area contributed by atoms with E-state index in [4.69, 9.17) is 42.1 Å². The van der Waals surface area contributed by atoms with Crippen molar-refractivity contribution < 1.29 is 177 Å². The zero-order valence-corrected chi connectivity index (χ0v) is 65.8. The molecule has 0 aliphatic carbocycles. The fraction of sp³-hybridized carbons (Fsp3) is 0.653. The molecule has 108 heavy (non-hydrogen) atoms. The lowest BCUT2D eigenvalue weighted by molar-refractivity contribution is -0.739. The first-order valence-corrected chi connectivity index (χ1v) is 42.9. The minimum absolute atomic E-state index is 0.0185. The molecule has 51 nitrogen and oxygen atoms in total. The fourth-order valence-corrected chi connectivity index (χ4v) is 13.4. The number of aliphatic hydroxyl groups excluding tert-OH is 1. The highest BCUT2D eigenvalue weighted by Crippen LogP contribution is 2.49. The third-order valence-corrected chi connectivity index (χ3v) is 22.0. The molecule has 3 saturated heterocycles. The molecule has 6 aromatic rings. The Balaban J connectivity index is 0.000000221. The SMILES string of the molecule is C=CCNc1ncnc2c1ncn2[C@H]1CC(OP(=O)([O-])OC)[C@@H](COP(=O)([O-])OC)O1.CCC1CNc2ncnc3[nH]c[n+]1c23.CCC1CNc2ncnc3c2n1c[n+]3[C@H]1CC(OP(=O)([O-])OC)[C@@H](COP(=O)([O-])OC)O1.COP(=O)([O-])O.COP(=O)([O-])O.COP(=O)([O-])OC[C@H]1OC(O)CC1OP(=O)([O-])OC. The number of aromatic amines is 1. The summed E-state index contributed by atoms with van der Waals surface area (Å²) in [6.45, 7) is 8.39. The molecule has 5 aliphatic heterocycles. The molecule has 0 amide bonds. The molecule has 14 unspecified atom stereocenters. The van der Waals surface area contributed by atoms with Crippen LogP contribution in [0.2, 0.25) is 0 Å². The van der Waals surface area contributed by atoms with Crippen LogP contribution >= 0.6 is 62.6 Å². The topological polar surface area (TPSA) is 698 Å². The molecule has 11 rings (SSSR count). The Bertz CT molecular complexity index is 4310. The van der Waals surface area contributed by atoms with Crippen molar-refractivity contribution in [3.05, 3.63) is 50.6 Å². The number of H-pyrrole nitrogens is 1. The molecule has 0 saturated carbocycles. The monoisotopic (exact) mass is 1700 g/mol. The number of aliphatic hydroxyl groups is 1. The van der Waals surface area contributed by atoms with Gasteiger partial charge in [0, 0.05) is 82.7 Å². The van der Waals surface area contributed by atoms with Crippen LogP contribution in [0.1, 0.15) is 70.5 Å². The van der Waals surface area contributed by atoms with Gasteiger partial charge in [0.1, 0.15) is 49.3 Å². The summed E-state index contributed by atoms with van der Waals surface area (Å²) in [5.41, 5.74) is 4.23. The van der Waals surface area contributed by atoms with Gasteiger partial charge in [0.05, 0.1) is 57.5 Å². The summed E-state index contributed by atoms with van der Waals surface area (Å²) in [4.78, 5) is 136. The van der Waals surface area contributed by atoms with Crippen LogP contribution in [0.4, 0.5) is 17.5 Å². The number of fused-ring (bicyclic) bond motifs is 1. The maximum atomic E-state index is 11.9. The quantitative estimate of drug-likeness (QED) is 0.0144. The van der Waals surface area contributed by atoms with Gasteiger partial charge in [-0.25, -0.2) is 34.1 Å². The van der Waals surface area contributed by atoms with Gasteiger partial charge in [-0.2, -0.15) is 9.97 Å². The van der Waals surface area contributed by atoms with Crippen LogP contribution in [0.25, 0.3) is 33.5 Å². The number of imidazole rings is 3. The van der Waals surface area contributed by atoms with Crippen LogP contribution in [-0.2, 0) is 114 Å². The number of anilines is 3. The second kappa shape index (κ2) is 40.5. The number of nitrogens with one attached hydrogen (secondary N) is 4. The maximum Gasteiger partial charge on any atom is 0.309 e. The lowest BCUT2D eigenvalue weighted by Crippen LogP contribution is -2.45. The molecule has 3 fully saturated rings. The van der Waals surface area contributed by atoms with Gasteiger partial charge in [-0.3, -0.25) is 45.7 Å². The zero-order valence-electron chi connectivity index (χ0n) is 58.7. The summed E-state index contributed by atoms with van der Waals surface area (Å²) in [5.74, 6) is 2.09. The van der Waals surface area contributed by atoms with E-state index in [-0.39, 0.29) is 25.3 Å². The van der Waals surface area contributed by atoms with Crippen molar-refractivity contribution in [3.63, 3.8) is 0 Å². The predicted molar refractivity (Wildman–Crippen MR) is 348 cm³/mol. The van der Waals surface area contributed by atoms with Crippen molar-refractivity contribution in [1.29, 1.82) is 0 Å². The largest absolute Gasteiger partial charge is 0.756 e. The van der Waals surface area contributed by atoms with Crippen LogP contribution in [0.3, 0.4) is 0 Å². The minimum atomic E-state index is -4.64. The number of rotatable bonds is 30. The molecule has 0 spiro atoms. The van der Waals surface area contributed by atoms with E-state index in [2.05, 4.69) is 131 Å². The Hall–Kier alpha value is -4.49. The van der Waals surface area contributed by atoms with Gasteiger partial charge < -0.3 is 148 Å². The van der Waals surface area contributed by atoms with E-state index in [1.165, 1.54) is 19.0 Å². The van der Waals surface area contributed by atoms with E-state index >= 15 is 0 Å². The van der Waals surface area contributed by atoms with Gasteiger partial charge in [-0.15, -0.1) is 6.58 Å². The Kier molecular flexibility index (Phi) is 34.6.